The van der Waals surface area contributed by atoms with E-state index < -0.39 is 0 Å². The smallest absolute Gasteiger partial charge is 0.155 e. The Labute approximate surface area is 204 Å². The van der Waals surface area contributed by atoms with Crippen LogP contribution in [0.5, 0.6) is 0 Å². The van der Waals surface area contributed by atoms with Gasteiger partial charge in [-0.05, 0) is 75.2 Å². The third kappa shape index (κ3) is 3.35. The van der Waals surface area contributed by atoms with Gasteiger partial charge < -0.3 is 0 Å². The molecule has 0 atom stereocenters. The predicted octanol–water partition coefficient (Wildman–Crippen LogP) is 9.28. The fourth-order valence-corrected chi connectivity index (χ4v) is 6.16. The molecule has 0 aliphatic heterocycles. The van der Waals surface area contributed by atoms with E-state index in [2.05, 4.69) is 111 Å². The van der Waals surface area contributed by atoms with Crippen molar-refractivity contribution in [1.82, 2.24) is 9.38 Å². The number of fused-ring (bicyclic) bond motifs is 4. The minimum atomic E-state index is 0.472. The molecule has 0 bridgehead atoms. The highest BCUT2D eigenvalue weighted by molar-refractivity contribution is 7.22. The van der Waals surface area contributed by atoms with Gasteiger partial charge in [-0.2, -0.15) is 0 Å². The molecule has 168 valence electrons. The van der Waals surface area contributed by atoms with E-state index in [9.17, 15) is 0 Å². The zero-order valence-electron chi connectivity index (χ0n) is 20.0. The average Bonchev–Trinajstić information content (AvgIpc) is 3.47. The number of benzene rings is 3. The Hall–Kier alpha value is -3.43. The zero-order valence-corrected chi connectivity index (χ0v) is 20.9. The molecule has 3 heteroatoms. The summed E-state index contributed by atoms with van der Waals surface area (Å²) in [4.78, 5) is 6.04. The van der Waals surface area contributed by atoms with Crippen molar-refractivity contribution in [3.63, 3.8) is 0 Å². The van der Waals surface area contributed by atoms with Gasteiger partial charge in [-0.15, -0.1) is 11.3 Å². The molecule has 34 heavy (non-hydrogen) atoms. The fourth-order valence-electron chi connectivity index (χ4n) is 5.11. The molecule has 0 saturated heterocycles. The van der Waals surface area contributed by atoms with E-state index in [0.717, 1.165) is 11.3 Å². The predicted molar refractivity (Wildman–Crippen MR) is 147 cm³/mol. The Morgan fingerprint density at radius 1 is 0.735 bits per heavy atom. The lowest BCUT2D eigenvalue weighted by atomic mass is 9.85. The Kier molecular flexibility index (Phi) is 5.04. The van der Waals surface area contributed by atoms with E-state index in [1.165, 1.54) is 48.1 Å². The van der Waals surface area contributed by atoms with Gasteiger partial charge in [0, 0.05) is 4.70 Å². The second-order valence-electron chi connectivity index (χ2n) is 9.72. The van der Waals surface area contributed by atoms with Gasteiger partial charge in [-0.1, -0.05) is 76.2 Å². The Balaban J connectivity index is 1.57. The van der Waals surface area contributed by atoms with E-state index in [1.54, 1.807) is 11.3 Å². The maximum Gasteiger partial charge on any atom is 0.155 e. The molecular formula is C31H28N2S. The van der Waals surface area contributed by atoms with Crippen LogP contribution < -0.4 is 0 Å². The van der Waals surface area contributed by atoms with Crippen molar-refractivity contribution >= 4 is 37.8 Å². The molecule has 0 unspecified atom stereocenters. The van der Waals surface area contributed by atoms with Crippen molar-refractivity contribution in [3.05, 3.63) is 96.2 Å². The molecule has 3 aromatic heterocycles. The molecule has 0 aliphatic rings. The van der Waals surface area contributed by atoms with E-state index >= 15 is 0 Å². The standard InChI is InChI=1S/C31H28N2S/c1-19(2)25-9-7-10-26(20(3)4)30(25)23-13-15-27-21(16-23)12-14-24-18-32-31(33(24)27)29-17-22-8-5-6-11-28(22)34-29/h5-20H,1-4H3. The minimum Gasteiger partial charge on any atom is -0.292 e. The highest BCUT2D eigenvalue weighted by atomic mass is 32.1. The van der Waals surface area contributed by atoms with E-state index in [1.807, 2.05) is 6.20 Å². The molecule has 6 rings (SSSR count). The van der Waals surface area contributed by atoms with Crippen molar-refractivity contribution < 1.29 is 0 Å². The molecule has 3 heterocycles. The topological polar surface area (TPSA) is 17.3 Å². The van der Waals surface area contributed by atoms with Crippen LogP contribution in [0.15, 0.2) is 85.1 Å². The first kappa shape index (κ1) is 21.1. The first-order valence-electron chi connectivity index (χ1n) is 12.0. The molecule has 0 amide bonds. The molecule has 3 aromatic carbocycles. The van der Waals surface area contributed by atoms with Crippen molar-refractivity contribution in [1.29, 1.82) is 0 Å². The van der Waals surface area contributed by atoms with E-state index in [4.69, 9.17) is 4.98 Å². The summed E-state index contributed by atoms with van der Waals surface area (Å²) >= 11 is 1.81. The van der Waals surface area contributed by atoms with Crippen LogP contribution in [0.4, 0.5) is 0 Å². The normalized spacial score (nSPS) is 12.1. The lowest BCUT2D eigenvalue weighted by Crippen LogP contribution is -2.00. The van der Waals surface area contributed by atoms with Gasteiger partial charge in [0.1, 0.15) is 0 Å². The maximum absolute atomic E-state index is 4.84. The van der Waals surface area contributed by atoms with Gasteiger partial charge in [0.15, 0.2) is 5.82 Å². The third-order valence-corrected chi connectivity index (χ3v) is 7.91. The number of hydrogen-bond acceptors (Lipinski definition) is 2. The van der Waals surface area contributed by atoms with Crippen molar-refractivity contribution in [2.45, 2.75) is 39.5 Å². The molecule has 0 fully saturated rings. The highest BCUT2D eigenvalue weighted by Crippen LogP contribution is 2.38. The summed E-state index contributed by atoms with van der Waals surface area (Å²) < 4.78 is 3.60. The molecule has 6 aromatic rings. The van der Waals surface area contributed by atoms with Gasteiger partial charge in [0.05, 0.1) is 22.1 Å². The summed E-state index contributed by atoms with van der Waals surface area (Å²) in [6.07, 6.45) is 1.98. The lowest BCUT2D eigenvalue weighted by molar-refractivity contribution is 0.838. The number of imidazole rings is 1. The van der Waals surface area contributed by atoms with Gasteiger partial charge in [-0.3, -0.25) is 4.40 Å². The molecular weight excluding hydrogens is 432 g/mol. The van der Waals surface area contributed by atoms with Gasteiger partial charge >= 0.3 is 0 Å². The number of rotatable bonds is 4. The lowest BCUT2D eigenvalue weighted by Gasteiger charge is -2.20. The second-order valence-corrected chi connectivity index (χ2v) is 10.8. The number of aromatic nitrogens is 2. The first-order chi connectivity index (χ1) is 16.5. The summed E-state index contributed by atoms with van der Waals surface area (Å²) in [5, 5.41) is 2.51. The number of nitrogens with zero attached hydrogens (tertiary/aromatic N) is 2. The second kappa shape index (κ2) is 8.11. The summed E-state index contributed by atoms with van der Waals surface area (Å²) in [5.74, 6) is 1.96. The Morgan fingerprint density at radius 3 is 2.24 bits per heavy atom. The van der Waals surface area contributed by atoms with Crippen LogP contribution in [-0.4, -0.2) is 9.38 Å². The van der Waals surface area contributed by atoms with Crippen LogP contribution in [-0.2, 0) is 0 Å². The summed E-state index contributed by atoms with van der Waals surface area (Å²) in [7, 11) is 0. The zero-order chi connectivity index (χ0) is 23.4. The fraction of sp³-hybridized carbons (Fsp3) is 0.194. The summed E-state index contributed by atoms with van der Waals surface area (Å²) in [6, 6.07) is 28.9. The van der Waals surface area contributed by atoms with Crippen LogP contribution in [0, 0.1) is 0 Å². The molecule has 0 aliphatic carbocycles. The molecule has 0 radical (unpaired) electrons. The third-order valence-electron chi connectivity index (χ3n) is 6.80. The minimum absolute atomic E-state index is 0.472. The van der Waals surface area contributed by atoms with Crippen molar-refractivity contribution in [2.24, 2.45) is 0 Å². The number of thiophene rings is 1. The van der Waals surface area contributed by atoms with Gasteiger partial charge in [-0.25, -0.2) is 4.98 Å². The number of hydrogen-bond donors (Lipinski definition) is 0. The van der Waals surface area contributed by atoms with Gasteiger partial charge in [0.2, 0.25) is 0 Å². The first-order valence-corrected chi connectivity index (χ1v) is 12.9. The van der Waals surface area contributed by atoms with E-state index in [-0.39, 0.29) is 0 Å². The van der Waals surface area contributed by atoms with Crippen LogP contribution >= 0.6 is 11.3 Å². The highest BCUT2D eigenvalue weighted by Gasteiger charge is 2.17. The maximum atomic E-state index is 4.84. The Morgan fingerprint density at radius 2 is 1.50 bits per heavy atom. The van der Waals surface area contributed by atoms with Crippen molar-refractivity contribution in [3.8, 4) is 21.8 Å². The number of pyridine rings is 1. The summed E-state index contributed by atoms with van der Waals surface area (Å²) in [6.45, 7) is 9.15. The van der Waals surface area contributed by atoms with Crippen LogP contribution in [0.2, 0.25) is 0 Å². The summed E-state index contributed by atoms with van der Waals surface area (Å²) in [5.41, 5.74) is 7.84. The van der Waals surface area contributed by atoms with Crippen LogP contribution in [0.25, 0.3) is 48.3 Å². The van der Waals surface area contributed by atoms with Gasteiger partial charge in [0.25, 0.3) is 0 Å². The van der Waals surface area contributed by atoms with Crippen LogP contribution in [0.1, 0.15) is 50.7 Å². The SMILES string of the molecule is CC(C)c1cccc(C(C)C)c1-c1ccc2c(ccc3cnc(-c4cc5ccccc5s4)n32)c1. The molecule has 0 saturated carbocycles. The largest absolute Gasteiger partial charge is 0.292 e. The van der Waals surface area contributed by atoms with E-state index in [0.29, 0.717) is 11.8 Å². The molecule has 0 spiro atoms. The molecule has 0 N–H and O–H groups in total. The monoisotopic (exact) mass is 460 g/mol. The molecule has 2 nitrogen and oxygen atoms in total. The van der Waals surface area contributed by atoms with Crippen molar-refractivity contribution in [2.75, 3.05) is 0 Å². The average molecular weight is 461 g/mol. The van der Waals surface area contributed by atoms with Crippen LogP contribution in [0.3, 0.4) is 0 Å². The Bertz CT molecular complexity index is 1610. The quantitative estimate of drug-likeness (QED) is 0.256.